The van der Waals surface area contributed by atoms with E-state index in [1.165, 1.54) is 10.8 Å². The summed E-state index contributed by atoms with van der Waals surface area (Å²) >= 11 is 0. The second-order valence-corrected chi connectivity index (χ2v) is 16.4. The highest BCUT2D eigenvalue weighted by Crippen LogP contribution is 2.54. The summed E-state index contributed by atoms with van der Waals surface area (Å²) in [6, 6.07) is 72.9. The second kappa shape index (κ2) is 13.0. The molecule has 0 aliphatic carbocycles. The molecule has 2 aromatic heterocycles. The molecule has 0 N–H and O–H groups in total. The van der Waals surface area contributed by atoms with Gasteiger partial charge in [0.15, 0.2) is 11.2 Å². The molecule has 0 saturated heterocycles. The first-order valence-corrected chi connectivity index (χ1v) is 21.3. The molecule has 0 fully saturated rings. The normalized spacial score (nSPS) is 12.3. The number of furan rings is 2. The van der Waals surface area contributed by atoms with Gasteiger partial charge in [-0.15, -0.1) is 0 Å². The lowest BCUT2D eigenvalue weighted by atomic mass is 9.91. The molecule has 0 saturated carbocycles. The van der Waals surface area contributed by atoms with Crippen LogP contribution in [0.1, 0.15) is 0 Å². The van der Waals surface area contributed by atoms with Crippen LogP contribution in [-0.2, 0) is 0 Å². The standard InChI is InChI=1S/C58H34N2O3/c1-2-15-39(16-3-1)60(48-23-11-20-45-43-18-7-9-25-51(43)63-58(45)48)49-33-38-28-27-37-32-41(34-53-54(37)55(38)56-46(49)21-12-26-52(56)61-53)59(40-30-29-35-13-4-5-14-36(35)31-40)47-22-10-19-44-42-17-6-8-24-50(42)62-57(44)47/h1-34H. The first kappa shape index (κ1) is 34.2. The van der Waals surface area contributed by atoms with E-state index in [1.807, 2.05) is 24.3 Å². The molecule has 0 spiro atoms. The quantitative estimate of drug-likeness (QED) is 0.157. The van der Waals surface area contributed by atoms with Gasteiger partial charge in [-0.05, 0) is 88.3 Å². The van der Waals surface area contributed by atoms with E-state index in [0.29, 0.717) is 0 Å². The van der Waals surface area contributed by atoms with Crippen molar-refractivity contribution in [2.75, 3.05) is 9.80 Å². The molecule has 14 rings (SSSR count). The molecule has 0 amide bonds. The van der Waals surface area contributed by atoms with Gasteiger partial charge < -0.3 is 23.4 Å². The highest BCUT2D eigenvalue weighted by molar-refractivity contribution is 6.29. The molecule has 3 heterocycles. The van der Waals surface area contributed by atoms with E-state index in [9.17, 15) is 0 Å². The van der Waals surface area contributed by atoms with Crippen LogP contribution in [0.4, 0.5) is 34.1 Å². The van der Waals surface area contributed by atoms with Crippen LogP contribution in [0.2, 0.25) is 0 Å². The lowest BCUT2D eigenvalue weighted by Gasteiger charge is -2.30. The van der Waals surface area contributed by atoms with Crippen molar-refractivity contribution >= 4 is 121 Å². The fourth-order valence-corrected chi connectivity index (χ4v) is 10.2. The summed E-state index contributed by atoms with van der Waals surface area (Å²) in [5.41, 5.74) is 9.42. The van der Waals surface area contributed by atoms with Gasteiger partial charge in [0.1, 0.15) is 22.7 Å². The molecule has 63 heavy (non-hydrogen) atoms. The van der Waals surface area contributed by atoms with Crippen LogP contribution >= 0.6 is 0 Å². The van der Waals surface area contributed by atoms with E-state index in [1.54, 1.807) is 0 Å². The number of anilines is 6. The van der Waals surface area contributed by atoms with Gasteiger partial charge in [0.25, 0.3) is 0 Å². The van der Waals surface area contributed by atoms with Crippen molar-refractivity contribution in [3.63, 3.8) is 0 Å². The number of rotatable bonds is 6. The maximum absolute atomic E-state index is 7.12. The Morgan fingerprint density at radius 1 is 0.286 bits per heavy atom. The zero-order valence-corrected chi connectivity index (χ0v) is 33.7. The molecule has 11 aromatic carbocycles. The lowest BCUT2D eigenvalue weighted by Crippen LogP contribution is -2.12. The maximum Gasteiger partial charge on any atom is 0.159 e. The third-order valence-corrected chi connectivity index (χ3v) is 12.9. The number of benzene rings is 11. The predicted octanol–water partition coefficient (Wildman–Crippen LogP) is 17.1. The Labute approximate surface area is 360 Å². The van der Waals surface area contributed by atoms with Crippen molar-refractivity contribution in [2.24, 2.45) is 0 Å². The summed E-state index contributed by atoms with van der Waals surface area (Å²) in [5, 5.41) is 13.4. The molecular weight excluding hydrogens is 773 g/mol. The highest BCUT2D eigenvalue weighted by Gasteiger charge is 2.28. The third kappa shape index (κ3) is 4.99. The Kier molecular flexibility index (Phi) is 7.05. The summed E-state index contributed by atoms with van der Waals surface area (Å²) in [5.74, 6) is 1.64. The Morgan fingerprint density at radius 2 is 0.857 bits per heavy atom. The molecule has 1 aliphatic rings. The van der Waals surface area contributed by atoms with Crippen molar-refractivity contribution in [1.82, 2.24) is 0 Å². The highest BCUT2D eigenvalue weighted by atomic mass is 16.5. The van der Waals surface area contributed by atoms with Crippen LogP contribution in [0.3, 0.4) is 0 Å². The lowest BCUT2D eigenvalue weighted by molar-refractivity contribution is 0.493. The largest absolute Gasteiger partial charge is 0.456 e. The van der Waals surface area contributed by atoms with Gasteiger partial charge in [0, 0.05) is 60.5 Å². The smallest absolute Gasteiger partial charge is 0.159 e. The van der Waals surface area contributed by atoms with E-state index < -0.39 is 0 Å². The first-order chi connectivity index (χ1) is 31.2. The number of hydrogen-bond acceptors (Lipinski definition) is 5. The molecular formula is C58H34N2O3. The minimum Gasteiger partial charge on any atom is -0.456 e. The van der Waals surface area contributed by atoms with Gasteiger partial charge in [0.2, 0.25) is 0 Å². The number of ether oxygens (including phenoxy) is 1. The van der Waals surface area contributed by atoms with Crippen LogP contribution in [-0.4, -0.2) is 0 Å². The summed E-state index contributed by atoms with van der Waals surface area (Å²) < 4.78 is 20.5. The van der Waals surface area contributed by atoms with E-state index >= 15 is 0 Å². The van der Waals surface area contributed by atoms with Gasteiger partial charge in [-0.3, -0.25) is 0 Å². The van der Waals surface area contributed by atoms with E-state index in [4.69, 9.17) is 13.6 Å². The van der Waals surface area contributed by atoms with Gasteiger partial charge in [-0.2, -0.15) is 0 Å². The SMILES string of the molecule is c1ccc(N(c2cc3ccc4cc(N(c5ccc6ccccc6c5)c5cccc6c5oc5ccccc56)cc5c4c3c3c(cccc23)O5)c2cccc3c2oc2ccccc23)cc1. The third-order valence-electron chi connectivity index (χ3n) is 12.9. The zero-order valence-electron chi connectivity index (χ0n) is 33.7. The summed E-state index contributed by atoms with van der Waals surface area (Å²) in [7, 11) is 0. The van der Waals surface area contributed by atoms with E-state index in [2.05, 4.69) is 192 Å². The Balaban J connectivity index is 1.01. The topological polar surface area (TPSA) is 42.0 Å². The second-order valence-electron chi connectivity index (χ2n) is 16.4. The molecule has 294 valence electrons. The fraction of sp³-hybridized carbons (Fsp3) is 0. The average Bonchev–Trinajstić information content (AvgIpc) is 3.92. The van der Waals surface area contributed by atoms with E-state index in [0.717, 1.165) is 122 Å². The van der Waals surface area contributed by atoms with Crippen molar-refractivity contribution in [3.05, 3.63) is 206 Å². The van der Waals surface area contributed by atoms with Crippen molar-refractivity contribution in [2.45, 2.75) is 0 Å². The minimum absolute atomic E-state index is 0.815. The average molecular weight is 807 g/mol. The monoisotopic (exact) mass is 806 g/mol. The van der Waals surface area contributed by atoms with Crippen molar-refractivity contribution < 1.29 is 13.6 Å². The molecule has 0 unspecified atom stereocenters. The van der Waals surface area contributed by atoms with Crippen LogP contribution in [0.5, 0.6) is 11.5 Å². The Bertz CT molecular complexity index is 4030. The molecule has 0 bridgehead atoms. The van der Waals surface area contributed by atoms with Crippen molar-refractivity contribution in [3.8, 4) is 11.5 Å². The van der Waals surface area contributed by atoms with E-state index in [-0.39, 0.29) is 0 Å². The fourth-order valence-electron chi connectivity index (χ4n) is 10.2. The van der Waals surface area contributed by atoms with Gasteiger partial charge in [0.05, 0.1) is 22.7 Å². The maximum atomic E-state index is 7.12. The van der Waals surface area contributed by atoms with Gasteiger partial charge >= 0.3 is 0 Å². The number of para-hydroxylation sites is 5. The molecule has 13 aromatic rings. The van der Waals surface area contributed by atoms with Crippen molar-refractivity contribution in [1.29, 1.82) is 0 Å². The number of hydrogen-bond donors (Lipinski definition) is 0. The van der Waals surface area contributed by atoms with Gasteiger partial charge in [-0.1, -0.05) is 133 Å². The molecule has 1 aliphatic heterocycles. The first-order valence-electron chi connectivity index (χ1n) is 21.3. The number of fused-ring (bicyclic) bond motifs is 7. The Hall–Kier alpha value is -8.54. The molecule has 5 heteroatoms. The van der Waals surface area contributed by atoms with Crippen LogP contribution < -0.4 is 14.5 Å². The zero-order chi connectivity index (χ0) is 41.2. The van der Waals surface area contributed by atoms with Crippen LogP contribution in [0, 0.1) is 0 Å². The molecule has 0 atom stereocenters. The minimum atomic E-state index is 0.815. The summed E-state index contributed by atoms with van der Waals surface area (Å²) in [6.45, 7) is 0. The summed E-state index contributed by atoms with van der Waals surface area (Å²) in [4.78, 5) is 4.66. The Morgan fingerprint density at radius 3 is 1.60 bits per heavy atom. The molecule has 0 radical (unpaired) electrons. The van der Waals surface area contributed by atoms with Crippen LogP contribution in [0.15, 0.2) is 215 Å². The predicted molar refractivity (Wildman–Crippen MR) is 260 cm³/mol. The van der Waals surface area contributed by atoms with Gasteiger partial charge in [-0.25, -0.2) is 0 Å². The van der Waals surface area contributed by atoms with Crippen LogP contribution in [0.25, 0.3) is 87.0 Å². The molecule has 5 nitrogen and oxygen atoms in total. The number of nitrogens with zero attached hydrogens (tertiary/aromatic N) is 2. The summed E-state index contributed by atoms with van der Waals surface area (Å²) in [6.07, 6.45) is 0.